The van der Waals surface area contributed by atoms with Crippen molar-refractivity contribution in [2.24, 2.45) is 0 Å². The standard InChI is InChI=1S/C25H28N6O2/c1-18(32)26-12-13-27-22-15-23(30-25(29-22)20-8-3-2-4-9-20)28-24(33)17-31-14-11-19-7-5-6-10-21(19)16-31/h2-10,15H,11-14,16-17H2,1H3,(H,26,32)(H2,27,28,29,30,33). The Hall–Kier alpha value is -3.78. The molecule has 3 N–H and O–H groups in total. The Morgan fingerprint density at radius 2 is 1.67 bits per heavy atom. The van der Waals surface area contributed by atoms with Crippen molar-refractivity contribution in [2.45, 2.75) is 19.9 Å². The van der Waals surface area contributed by atoms with E-state index < -0.39 is 0 Å². The van der Waals surface area contributed by atoms with Crippen molar-refractivity contribution in [3.8, 4) is 11.4 Å². The number of hydrogen-bond donors (Lipinski definition) is 3. The summed E-state index contributed by atoms with van der Waals surface area (Å²) in [5.41, 5.74) is 3.48. The highest BCUT2D eigenvalue weighted by molar-refractivity contribution is 5.92. The summed E-state index contributed by atoms with van der Waals surface area (Å²) in [6.45, 7) is 4.36. The zero-order valence-electron chi connectivity index (χ0n) is 18.7. The Morgan fingerprint density at radius 3 is 2.45 bits per heavy atom. The van der Waals surface area contributed by atoms with Crippen LogP contribution in [0.25, 0.3) is 11.4 Å². The van der Waals surface area contributed by atoms with E-state index in [9.17, 15) is 9.59 Å². The molecule has 0 unspecified atom stereocenters. The van der Waals surface area contributed by atoms with Crippen molar-refractivity contribution in [3.05, 3.63) is 71.8 Å². The topological polar surface area (TPSA) is 99.2 Å². The Labute approximate surface area is 193 Å². The molecule has 0 aliphatic carbocycles. The van der Waals surface area contributed by atoms with E-state index in [1.54, 1.807) is 6.07 Å². The molecule has 1 aliphatic heterocycles. The maximum Gasteiger partial charge on any atom is 0.239 e. The van der Waals surface area contributed by atoms with E-state index in [2.05, 4.69) is 49.0 Å². The van der Waals surface area contributed by atoms with Crippen LogP contribution in [0.15, 0.2) is 60.7 Å². The first-order valence-corrected chi connectivity index (χ1v) is 11.1. The van der Waals surface area contributed by atoms with Crippen LogP contribution in [0.5, 0.6) is 0 Å². The van der Waals surface area contributed by atoms with Gasteiger partial charge in [0, 0.05) is 44.7 Å². The first-order valence-electron chi connectivity index (χ1n) is 11.1. The van der Waals surface area contributed by atoms with Crippen LogP contribution in [0.3, 0.4) is 0 Å². The Bertz CT molecular complexity index is 1120. The lowest BCUT2D eigenvalue weighted by molar-refractivity contribution is -0.119. The average molecular weight is 445 g/mol. The Kier molecular flexibility index (Phi) is 7.26. The molecule has 170 valence electrons. The predicted molar refractivity (Wildman–Crippen MR) is 129 cm³/mol. The minimum Gasteiger partial charge on any atom is -0.368 e. The Balaban J connectivity index is 1.44. The third kappa shape index (κ3) is 6.36. The second-order valence-electron chi connectivity index (χ2n) is 8.02. The summed E-state index contributed by atoms with van der Waals surface area (Å²) in [4.78, 5) is 35.2. The molecule has 0 bridgehead atoms. The van der Waals surface area contributed by atoms with Crippen LogP contribution in [0.2, 0.25) is 0 Å². The predicted octanol–water partition coefficient (Wildman–Crippen LogP) is 2.69. The van der Waals surface area contributed by atoms with E-state index >= 15 is 0 Å². The first-order chi connectivity index (χ1) is 16.1. The lowest BCUT2D eigenvalue weighted by Crippen LogP contribution is -2.37. The number of fused-ring (bicyclic) bond motifs is 1. The molecular formula is C25H28N6O2. The molecule has 2 heterocycles. The van der Waals surface area contributed by atoms with Gasteiger partial charge in [-0.05, 0) is 17.5 Å². The van der Waals surface area contributed by atoms with E-state index in [-0.39, 0.29) is 11.8 Å². The molecule has 3 aromatic rings. The van der Waals surface area contributed by atoms with Gasteiger partial charge in [0.25, 0.3) is 0 Å². The molecule has 33 heavy (non-hydrogen) atoms. The molecule has 0 saturated heterocycles. The average Bonchev–Trinajstić information content (AvgIpc) is 2.82. The molecule has 0 radical (unpaired) electrons. The van der Waals surface area contributed by atoms with Gasteiger partial charge in [0.2, 0.25) is 11.8 Å². The largest absolute Gasteiger partial charge is 0.368 e. The maximum absolute atomic E-state index is 12.8. The fourth-order valence-corrected chi connectivity index (χ4v) is 3.82. The molecule has 4 rings (SSSR count). The second-order valence-corrected chi connectivity index (χ2v) is 8.02. The molecule has 8 heteroatoms. The molecule has 8 nitrogen and oxygen atoms in total. The van der Waals surface area contributed by atoms with Gasteiger partial charge >= 0.3 is 0 Å². The maximum atomic E-state index is 12.8. The SMILES string of the molecule is CC(=O)NCCNc1cc(NC(=O)CN2CCc3ccccc3C2)nc(-c2ccccc2)n1. The molecule has 2 amide bonds. The monoisotopic (exact) mass is 444 g/mol. The van der Waals surface area contributed by atoms with Crippen molar-refractivity contribution >= 4 is 23.5 Å². The smallest absolute Gasteiger partial charge is 0.239 e. The molecule has 1 aliphatic rings. The number of nitrogens with one attached hydrogen (secondary N) is 3. The van der Waals surface area contributed by atoms with Gasteiger partial charge in [0.15, 0.2) is 5.82 Å². The summed E-state index contributed by atoms with van der Waals surface area (Å²) < 4.78 is 0. The number of hydrogen-bond acceptors (Lipinski definition) is 6. The molecule has 0 spiro atoms. The third-order valence-electron chi connectivity index (χ3n) is 5.41. The number of amides is 2. The number of carbonyl (C=O) groups is 2. The van der Waals surface area contributed by atoms with Gasteiger partial charge in [-0.3, -0.25) is 14.5 Å². The quantitative estimate of drug-likeness (QED) is 0.462. The van der Waals surface area contributed by atoms with Crippen LogP contribution in [0.1, 0.15) is 18.1 Å². The van der Waals surface area contributed by atoms with E-state index in [1.807, 2.05) is 36.4 Å². The van der Waals surface area contributed by atoms with Crippen molar-refractivity contribution in [1.82, 2.24) is 20.2 Å². The summed E-state index contributed by atoms with van der Waals surface area (Å²) in [6, 6.07) is 19.7. The summed E-state index contributed by atoms with van der Waals surface area (Å²) in [5.74, 6) is 1.33. The molecule has 2 aromatic carbocycles. The third-order valence-corrected chi connectivity index (χ3v) is 5.41. The summed E-state index contributed by atoms with van der Waals surface area (Å²) >= 11 is 0. The van der Waals surface area contributed by atoms with Gasteiger partial charge in [-0.2, -0.15) is 0 Å². The van der Waals surface area contributed by atoms with Crippen LogP contribution >= 0.6 is 0 Å². The summed E-state index contributed by atoms with van der Waals surface area (Å²) in [7, 11) is 0. The number of rotatable bonds is 8. The number of nitrogens with zero attached hydrogens (tertiary/aromatic N) is 3. The van der Waals surface area contributed by atoms with Crippen molar-refractivity contribution in [2.75, 3.05) is 36.8 Å². The zero-order valence-corrected chi connectivity index (χ0v) is 18.7. The number of benzene rings is 2. The van der Waals surface area contributed by atoms with Gasteiger partial charge in [-0.15, -0.1) is 0 Å². The number of carbonyl (C=O) groups excluding carboxylic acids is 2. The highest BCUT2D eigenvalue weighted by atomic mass is 16.2. The molecule has 0 atom stereocenters. The lowest BCUT2D eigenvalue weighted by atomic mass is 10.00. The van der Waals surface area contributed by atoms with Crippen LogP contribution < -0.4 is 16.0 Å². The lowest BCUT2D eigenvalue weighted by Gasteiger charge is -2.28. The normalized spacial score (nSPS) is 13.1. The molecule has 0 saturated carbocycles. The molecule has 0 fully saturated rings. The second kappa shape index (κ2) is 10.7. The fourth-order valence-electron chi connectivity index (χ4n) is 3.82. The van der Waals surface area contributed by atoms with Crippen LogP contribution in [-0.2, 0) is 22.6 Å². The minimum absolute atomic E-state index is 0.0854. The van der Waals surface area contributed by atoms with Gasteiger partial charge in [-0.25, -0.2) is 9.97 Å². The highest BCUT2D eigenvalue weighted by Crippen LogP contribution is 2.21. The Morgan fingerprint density at radius 1 is 0.939 bits per heavy atom. The van der Waals surface area contributed by atoms with Crippen molar-refractivity contribution in [3.63, 3.8) is 0 Å². The zero-order chi connectivity index (χ0) is 23.0. The summed E-state index contributed by atoms with van der Waals surface area (Å²) in [6.07, 6.45) is 0.942. The van der Waals surface area contributed by atoms with Gasteiger partial charge in [0.1, 0.15) is 11.6 Å². The van der Waals surface area contributed by atoms with E-state index in [4.69, 9.17) is 0 Å². The highest BCUT2D eigenvalue weighted by Gasteiger charge is 2.18. The van der Waals surface area contributed by atoms with Crippen LogP contribution in [0.4, 0.5) is 11.6 Å². The fraction of sp³-hybridized carbons (Fsp3) is 0.280. The van der Waals surface area contributed by atoms with Gasteiger partial charge in [-0.1, -0.05) is 54.6 Å². The van der Waals surface area contributed by atoms with Crippen LogP contribution in [0, 0.1) is 0 Å². The first kappa shape index (κ1) is 22.4. The van der Waals surface area contributed by atoms with Gasteiger partial charge in [0.05, 0.1) is 6.54 Å². The number of anilines is 2. The molecule has 1 aromatic heterocycles. The van der Waals surface area contributed by atoms with E-state index in [0.29, 0.717) is 37.1 Å². The van der Waals surface area contributed by atoms with E-state index in [0.717, 1.165) is 25.1 Å². The van der Waals surface area contributed by atoms with Crippen molar-refractivity contribution in [1.29, 1.82) is 0 Å². The van der Waals surface area contributed by atoms with Crippen LogP contribution in [-0.4, -0.2) is 52.9 Å². The van der Waals surface area contributed by atoms with E-state index in [1.165, 1.54) is 18.1 Å². The summed E-state index contributed by atoms with van der Waals surface area (Å²) in [5, 5.41) is 8.86. The van der Waals surface area contributed by atoms with Gasteiger partial charge < -0.3 is 16.0 Å². The minimum atomic E-state index is -0.115. The van der Waals surface area contributed by atoms with Crippen molar-refractivity contribution < 1.29 is 9.59 Å². The molecular weight excluding hydrogens is 416 g/mol. The number of aromatic nitrogens is 2.